The van der Waals surface area contributed by atoms with Crippen LogP contribution in [0, 0.1) is 5.82 Å². The van der Waals surface area contributed by atoms with E-state index in [0.29, 0.717) is 23.2 Å². The predicted octanol–water partition coefficient (Wildman–Crippen LogP) is 4.66. The number of hydrogen-bond donors (Lipinski definition) is 1. The fraction of sp³-hybridized carbons (Fsp3) is 0.238. The van der Waals surface area contributed by atoms with Gasteiger partial charge >= 0.3 is 0 Å². The van der Waals surface area contributed by atoms with Crippen molar-refractivity contribution < 1.29 is 14.0 Å². The predicted molar refractivity (Wildman–Crippen MR) is 112 cm³/mol. The van der Waals surface area contributed by atoms with Gasteiger partial charge in [0.15, 0.2) is 0 Å². The van der Waals surface area contributed by atoms with E-state index in [1.807, 2.05) is 42.8 Å². The molecule has 0 radical (unpaired) electrons. The molecule has 146 valence electrons. The normalized spacial score (nSPS) is 10.9. The molecule has 0 saturated heterocycles. The number of rotatable bonds is 6. The van der Waals surface area contributed by atoms with Crippen molar-refractivity contribution in [3.8, 4) is 0 Å². The maximum atomic E-state index is 13.4. The summed E-state index contributed by atoms with van der Waals surface area (Å²) in [4.78, 5) is 26.6. The van der Waals surface area contributed by atoms with Crippen LogP contribution in [0.15, 0.2) is 53.1 Å². The first-order valence-corrected chi connectivity index (χ1v) is 9.85. The number of halogens is 2. The number of nitrogens with one attached hydrogen (secondary N) is 1. The number of nitrogens with zero attached hydrogens (tertiary/aromatic N) is 2. The lowest BCUT2D eigenvalue weighted by Gasteiger charge is -2.19. The monoisotopic (exact) mass is 445 g/mol. The van der Waals surface area contributed by atoms with Gasteiger partial charge < -0.3 is 14.8 Å². The van der Waals surface area contributed by atoms with E-state index in [1.165, 1.54) is 18.2 Å². The lowest BCUT2D eigenvalue weighted by molar-refractivity contribution is -0.131. The largest absolute Gasteiger partial charge is 0.342 e. The summed E-state index contributed by atoms with van der Waals surface area (Å²) in [5.41, 5.74) is 1.73. The van der Waals surface area contributed by atoms with E-state index >= 15 is 0 Å². The highest BCUT2D eigenvalue weighted by Gasteiger charge is 2.14. The highest BCUT2D eigenvalue weighted by Crippen LogP contribution is 2.23. The number of likely N-dealkylation sites (N-methyl/N-ethyl adjacent to an activating group) is 1. The standard InChI is InChI=1S/C21H21BrFN3O2/c1-3-25(4-2)20(27)13-26-10-9-14-11-16(6-8-19(14)26)24-21(28)17-12-15(23)5-7-18(17)22/h5-12H,3-4,13H2,1-2H3,(H,24,28). The summed E-state index contributed by atoms with van der Waals surface area (Å²) in [5, 5.41) is 3.69. The van der Waals surface area contributed by atoms with E-state index in [-0.39, 0.29) is 18.0 Å². The van der Waals surface area contributed by atoms with Gasteiger partial charge in [0.05, 0.1) is 5.56 Å². The van der Waals surface area contributed by atoms with Crippen molar-refractivity contribution in [3.63, 3.8) is 0 Å². The van der Waals surface area contributed by atoms with E-state index in [2.05, 4.69) is 21.2 Å². The molecule has 5 nitrogen and oxygen atoms in total. The number of carbonyl (C=O) groups excluding carboxylic acids is 2. The van der Waals surface area contributed by atoms with Gasteiger partial charge in [-0.3, -0.25) is 9.59 Å². The second kappa shape index (κ2) is 8.56. The highest BCUT2D eigenvalue weighted by molar-refractivity contribution is 9.10. The Bertz CT molecular complexity index is 1030. The SMILES string of the molecule is CCN(CC)C(=O)Cn1ccc2cc(NC(=O)c3cc(F)ccc3Br)ccc21. The van der Waals surface area contributed by atoms with Gasteiger partial charge in [-0.2, -0.15) is 0 Å². The minimum Gasteiger partial charge on any atom is -0.342 e. The van der Waals surface area contributed by atoms with Gasteiger partial charge in [-0.25, -0.2) is 4.39 Å². The zero-order valence-electron chi connectivity index (χ0n) is 15.7. The van der Waals surface area contributed by atoms with Gasteiger partial charge in [-0.15, -0.1) is 0 Å². The van der Waals surface area contributed by atoms with Gasteiger partial charge in [0.25, 0.3) is 5.91 Å². The maximum Gasteiger partial charge on any atom is 0.256 e. The molecule has 0 unspecified atom stereocenters. The summed E-state index contributed by atoms with van der Waals surface area (Å²) >= 11 is 3.27. The Morgan fingerprint density at radius 2 is 1.86 bits per heavy atom. The molecule has 0 aliphatic carbocycles. The van der Waals surface area contributed by atoms with Crippen molar-refractivity contribution >= 4 is 44.3 Å². The van der Waals surface area contributed by atoms with E-state index in [4.69, 9.17) is 0 Å². The summed E-state index contributed by atoms with van der Waals surface area (Å²) in [5.74, 6) is -0.809. The molecule has 1 N–H and O–H groups in total. The molecule has 2 aromatic carbocycles. The van der Waals surface area contributed by atoms with Crippen LogP contribution in [0.3, 0.4) is 0 Å². The van der Waals surface area contributed by atoms with Gasteiger partial charge in [-0.1, -0.05) is 0 Å². The molecule has 0 aliphatic heterocycles. The molecule has 7 heteroatoms. The fourth-order valence-electron chi connectivity index (χ4n) is 3.11. The highest BCUT2D eigenvalue weighted by atomic mass is 79.9. The number of hydrogen-bond acceptors (Lipinski definition) is 2. The third-order valence-corrected chi connectivity index (χ3v) is 5.32. The molecular weight excluding hydrogens is 425 g/mol. The lowest BCUT2D eigenvalue weighted by Crippen LogP contribution is -2.33. The van der Waals surface area contributed by atoms with Crippen LogP contribution < -0.4 is 5.32 Å². The number of anilines is 1. The summed E-state index contributed by atoms with van der Waals surface area (Å²) < 4.78 is 15.9. The molecule has 3 rings (SSSR count). The summed E-state index contributed by atoms with van der Waals surface area (Å²) in [6.45, 7) is 5.55. The van der Waals surface area contributed by atoms with Crippen LogP contribution in [0.4, 0.5) is 10.1 Å². The van der Waals surface area contributed by atoms with Gasteiger partial charge in [0.1, 0.15) is 12.4 Å². The Morgan fingerprint density at radius 1 is 1.11 bits per heavy atom. The molecule has 28 heavy (non-hydrogen) atoms. The van der Waals surface area contributed by atoms with Gasteiger partial charge in [0, 0.05) is 40.3 Å². The zero-order chi connectivity index (χ0) is 20.3. The van der Waals surface area contributed by atoms with Crippen molar-refractivity contribution in [1.29, 1.82) is 0 Å². The number of aromatic nitrogens is 1. The summed E-state index contributed by atoms with van der Waals surface area (Å²) in [6.07, 6.45) is 1.86. The molecule has 0 aliphatic rings. The number of benzene rings is 2. The van der Waals surface area contributed by atoms with E-state index in [0.717, 1.165) is 10.9 Å². The van der Waals surface area contributed by atoms with Crippen LogP contribution in [0.1, 0.15) is 24.2 Å². The smallest absolute Gasteiger partial charge is 0.256 e. The topological polar surface area (TPSA) is 54.3 Å². The van der Waals surface area contributed by atoms with Gasteiger partial charge in [0.2, 0.25) is 5.91 Å². The van der Waals surface area contributed by atoms with Crippen molar-refractivity contribution in [1.82, 2.24) is 9.47 Å². The van der Waals surface area contributed by atoms with E-state index in [9.17, 15) is 14.0 Å². The molecule has 0 saturated carbocycles. The molecule has 1 aromatic heterocycles. The minimum absolute atomic E-state index is 0.0656. The quantitative estimate of drug-likeness (QED) is 0.599. The molecule has 3 aromatic rings. The Labute approximate surface area is 171 Å². The zero-order valence-corrected chi connectivity index (χ0v) is 17.3. The molecule has 1 heterocycles. The minimum atomic E-state index is -0.473. The first-order valence-electron chi connectivity index (χ1n) is 9.06. The van der Waals surface area contributed by atoms with E-state index in [1.54, 1.807) is 11.0 Å². The fourth-order valence-corrected chi connectivity index (χ4v) is 3.53. The van der Waals surface area contributed by atoms with Crippen LogP contribution in [0.2, 0.25) is 0 Å². The summed E-state index contributed by atoms with van der Waals surface area (Å²) in [7, 11) is 0. The van der Waals surface area contributed by atoms with Crippen LogP contribution in [-0.2, 0) is 11.3 Å². The van der Waals surface area contributed by atoms with Crippen molar-refractivity contribution in [2.75, 3.05) is 18.4 Å². The average molecular weight is 446 g/mol. The second-order valence-corrected chi connectivity index (χ2v) is 7.22. The number of carbonyl (C=O) groups is 2. The summed E-state index contributed by atoms with van der Waals surface area (Å²) in [6, 6.07) is 11.3. The molecule has 0 bridgehead atoms. The Morgan fingerprint density at radius 3 is 2.57 bits per heavy atom. The van der Waals surface area contributed by atoms with Crippen molar-refractivity contribution in [3.05, 3.63) is 64.5 Å². The molecule has 0 spiro atoms. The second-order valence-electron chi connectivity index (χ2n) is 6.36. The van der Waals surface area contributed by atoms with Crippen LogP contribution in [0.5, 0.6) is 0 Å². The maximum absolute atomic E-state index is 13.4. The lowest BCUT2D eigenvalue weighted by atomic mass is 10.2. The Hall–Kier alpha value is -2.67. The number of amides is 2. The van der Waals surface area contributed by atoms with Crippen LogP contribution in [-0.4, -0.2) is 34.4 Å². The molecule has 2 amide bonds. The van der Waals surface area contributed by atoms with Crippen molar-refractivity contribution in [2.24, 2.45) is 0 Å². The Balaban J connectivity index is 1.79. The molecule has 0 fully saturated rings. The number of fused-ring (bicyclic) bond motifs is 1. The van der Waals surface area contributed by atoms with Crippen molar-refractivity contribution in [2.45, 2.75) is 20.4 Å². The molecule has 0 atom stereocenters. The average Bonchev–Trinajstić information content (AvgIpc) is 3.06. The molecular formula is C21H21BrFN3O2. The van der Waals surface area contributed by atoms with Crippen LogP contribution in [0.25, 0.3) is 10.9 Å². The third-order valence-electron chi connectivity index (χ3n) is 4.62. The Kier molecular flexibility index (Phi) is 6.14. The third kappa shape index (κ3) is 4.25. The van der Waals surface area contributed by atoms with Crippen LogP contribution >= 0.6 is 15.9 Å². The first kappa shape index (κ1) is 20.1. The van der Waals surface area contributed by atoms with E-state index < -0.39 is 11.7 Å². The van der Waals surface area contributed by atoms with Gasteiger partial charge in [-0.05, 0) is 72.2 Å². The first-order chi connectivity index (χ1) is 13.4.